The van der Waals surface area contributed by atoms with Gasteiger partial charge >= 0.3 is 0 Å². The summed E-state index contributed by atoms with van der Waals surface area (Å²) in [6, 6.07) is 7.67. The second-order valence-corrected chi connectivity index (χ2v) is 3.64. The van der Waals surface area contributed by atoms with Crippen molar-refractivity contribution in [2.24, 2.45) is 11.5 Å². The number of nitrogens with two attached hydrogens (primary N) is 2. The Balaban J connectivity index is 3.02. The SMILES string of the molecule is C=C(CC)c1cccc(C(N)C(=C)N)c1. The monoisotopic (exact) mass is 202 g/mol. The quantitative estimate of drug-likeness (QED) is 0.788. The van der Waals surface area contributed by atoms with Crippen LogP contribution in [0.1, 0.15) is 30.5 Å². The summed E-state index contributed by atoms with van der Waals surface area (Å²) >= 11 is 0. The fourth-order valence-corrected chi connectivity index (χ4v) is 1.37. The molecule has 0 aliphatic carbocycles. The molecule has 0 saturated carbocycles. The smallest absolute Gasteiger partial charge is 0.0692 e. The van der Waals surface area contributed by atoms with Gasteiger partial charge in [0.05, 0.1) is 6.04 Å². The predicted octanol–water partition coefficient (Wildman–Crippen LogP) is 2.58. The van der Waals surface area contributed by atoms with Crippen LogP contribution in [0.2, 0.25) is 0 Å². The molecule has 0 saturated heterocycles. The third-order valence-corrected chi connectivity index (χ3v) is 2.48. The van der Waals surface area contributed by atoms with Gasteiger partial charge in [0.2, 0.25) is 0 Å². The number of rotatable bonds is 4. The third kappa shape index (κ3) is 2.70. The molecule has 0 spiro atoms. The van der Waals surface area contributed by atoms with E-state index in [2.05, 4.69) is 20.1 Å². The van der Waals surface area contributed by atoms with Crippen molar-refractivity contribution >= 4 is 5.57 Å². The number of allylic oxidation sites excluding steroid dienone is 1. The summed E-state index contributed by atoms with van der Waals surface area (Å²) in [6.07, 6.45) is 0.933. The van der Waals surface area contributed by atoms with E-state index in [0.717, 1.165) is 23.1 Å². The van der Waals surface area contributed by atoms with Crippen molar-refractivity contribution < 1.29 is 0 Å². The Bertz CT molecular complexity index is 380. The van der Waals surface area contributed by atoms with Crippen molar-refractivity contribution in [3.05, 3.63) is 54.2 Å². The first-order valence-corrected chi connectivity index (χ1v) is 5.04. The van der Waals surface area contributed by atoms with E-state index in [0.29, 0.717) is 5.70 Å². The Hall–Kier alpha value is -1.54. The van der Waals surface area contributed by atoms with Crippen LogP contribution in [-0.2, 0) is 0 Å². The Kier molecular flexibility index (Phi) is 3.69. The highest BCUT2D eigenvalue weighted by atomic mass is 14.7. The number of hydrogen-bond donors (Lipinski definition) is 2. The summed E-state index contributed by atoms with van der Waals surface area (Å²) in [6.45, 7) is 9.73. The maximum Gasteiger partial charge on any atom is 0.0692 e. The van der Waals surface area contributed by atoms with Crippen LogP contribution in [0.4, 0.5) is 0 Å². The van der Waals surface area contributed by atoms with E-state index in [4.69, 9.17) is 11.5 Å². The summed E-state index contributed by atoms with van der Waals surface area (Å²) in [5.74, 6) is 0. The third-order valence-electron chi connectivity index (χ3n) is 2.48. The van der Waals surface area contributed by atoms with Crippen LogP contribution in [0.25, 0.3) is 5.57 Å². The Labute approximate surface area is 91.3 Å². The lowest BCUT2D eigenvalue weighted by atomic mass is 9.98. The first-order valence-electron chi connectivity index (χ1n) is 5.04. The molecule has 0 bridgehead atoms. The minimum atomic E-state index is -0.297. The molecule has 1 unspecified atom stereocenters. The highest BCUT2D eigenvalue weighted by molar-refractivity contribution is 5.63. The molecule has 1 aromatic carbocycles. The molecule has 2 nitrogen and oxygen atoms in total. The molecule has 0 aliphatic heterocycles. The fraction of sp³-hybridized carbons (Fsp3) is 0.231. The van der Waals surface area contributed by atoms with Crippen LogP contribution < -0.4 is 11.5 Å². The van der Waals surface area contributed by atoms with E-state index in [9.17, 15) is 0 Å². The van der Waals surface area contributed by atoms with Gasteiger partial charge in [0.1, 0.15) is 0 Å². The van der Waals surface area contributed by atoms with Gasteiger partial charge in [-0.2, -0.15) is 0 Å². The van der Waals surface area contributed by atoms with Gasteiger partial charge in [-0.3, -0.25) is 0 Å². The van der Waals surface area contributed by atoms with E-state index in [1.54, 1.807) is 0 Å². The van der Waals surface area contributed by atoms with E-state index in [-0.39, 0.29) is 6.04 Å². The van der Waals surface area contributed by atoms with Gasteiger partial charge in [0, 0.05) is 5.70 Å². The molecule has 1 aromatic rings. The summed E-state index contributed by atoms with van der Waals surface area (Å²) in [7, 11) is 0. The standard InChI is InChI=1S/C13H18N2/c1-4-9(2)11-6-5-7-12(8-11)13(15)10(3)14/h5-8,13H,2-4,14-15H2,1H3. The molecular formula is C13H18N2. The molecule has 15 heavy (non-hydrogen) atoms. The lowest BCUT2D eigenvalue weighted by Gasteiger charge is -2.13. The van der Waals surface area contributed by atoms with E-state index in [1.165, 1.54) is 0 Å². The molecule has 0 amide bonds. The van der Waals surface area contributed by atoms with Gasteiger partial charge in [0.25, 0.3) is 0 Å². The highest BCUT2D eigenvalue weighted by Gasteiger charge is 2.07. The minimum absolute atomic E-state index is 0.297. The lowest BCUT2D eigenvalue weighted by molar-refractivity contribution is 0.836. The maximum absolute atomic E-state index is 5.89. The topological polar surface area (TPSA) is 52.0 Å². The zero-order chi connectivity index (χ0) is 11.4. The average molecular weight is 202 g/mol. The first kappa shape index (κ1) is 11.5. The Morgan fingerprint density at radius 3 is 2.60 bits per heavy atom. The fourth-order valence-electron chi connectivity index (χ4n) is 1.37. The largest absolute Gasteiger partial charge is 0.401 e. The molecule has 80 valence electrons. The van der Waals surface area contributed by atoms with Crippen LogP contribution in [0.15, 0.2) is 43.1 Å². The molecule has 4 N–H and O–H groups in total. The van der Waals surface area contributed by atoms with Gasteiger partial charge in [-0.05, 0) is 29.2 Å². The van der Waals surface area contributed by atoms with Crippen LogP contribution in [-0.4, -0.2) is 0 Å². The Morgan fingerprint density at radius 1 is 1.40 bits per heavy atom. The zero-order valence-electron chi connectivity index (χ0n) is 9.16. The summed E-state index contributed by atoms with van der Waals surface area (Å²) in [5, 5.41) is 0. The predicted molar refractivity (Wildman–Crippen MR) is 66.0 cm³/mol. The molecule has 0 radical (unpaired) electrons. The minimum Gasteiger partial charge on any atom is -0.401 e. The van der Waals surface area contributed by atoms with Crippen molar-refractivity contribution in [2.45, 2.75) is 19.4 Å². The lowest BCUT2D eigenvalue weighted by Crippen LogP contribution is -2.17. The van der Waals surface area contributed by atoms with Gasteiger partial charge < -0.3 is 11.5 Å². The van der Waals surface area contributed by atoms with Gasteiger partial charge in [0.15, 0.2) is 0 Å². The van der Waals surface area contributed by atoms with E-state index >= 15 is 0 Å². The van der Waals surface area contributed by atoms with Crippen molar-refractivity contribution in [1.82, 2.24) is 0 Å². The molecule has 0 heterocycles. The second-order valence-electron chi connectivity index (χ2n) is 3.64. The zero-order valence-corrected chi connectivity index (χ0v) is 9.16. The van der Waals surface area contributed by atoms with Crippen LogP contribution in [0.5, 0.6) is 0 Å². The molecule has 1 rings (SSSR count). The number of hydrogen-bond acceptors (Lipinski definition) is 2. The summed E-state index contributed by atoms with van der Waals surface area (Å²) < 4.78 is 0. The van der Waals surface area contributed by atoms with Crippen molar-refractivity contribution in [3.8, 4) is 0 Å². The van der Waals surface area contributed by atoms with Crippen molar-refractivity contribution in [3.63, 3.8) is 0 Å². The molecule has 0 aromatic heterocycles. The van der Waals surface area contributed by atoms with Gasteiger partial charge in [-0.1, -0.05) is 38.3 Å². The van der Waals surface area contributed by atoms with E-state index < -0.39 is 0 Å². The summed E-state index contributed by atoms with van der Waals surface area (Å²) in [4.78, 5) is 0. The van der Waals surface area contributed by atoms with Gasteiger partial charge in [-0.15, -0.1) is 0 Å². The second kappa shape index (κ2) is 4.80. The highest BCUT2D eigenvalue weighted by Crippen LogP contribution is 2.21. The van der Waals surface area contributed by atoms with Crippen molar-refractivity contribution in [1.29, 1.82) is 0 Å². The van der Waals surface area contributed by atoms with Crippen LogP contribution in [0, 0.1) is 0 Å². The average Bonchev–Trinajstić information content (AvgIpc) is 2.27. The van der Waals surface area contributed by atoms with Gasteiger partial charge in [-0.25, -0.2) is 0 Å². The normalized spacial score (nSPS) is 12.1. The van der Waals surface area contributed by atoms with Crippen LogP contribution >= 0.6 is 0 Å². The summed E-state index contributed by atoms with van der Waals surface area (Å²) in [5.41, 5.74) is 15.2. The molecule has 2 heteroatoms. The van der Waals surface area contributed by atoms with Crippen LogP contribution in [0.3, 0.4) is 0 Å². The molecular weight excluding hydrogens is 184 g/mol. The maximum atomic E-state index is 5.89. The van der Waals surface area contributed by atoms with Crippen molar-refractivity contribution in [2.75, 3.05) is 0 Å². The first-order chi connectivity index (χ1) is 7.06. The molecule has 0 aliphatic rings. The Morgan fingerprint density at radius 2 is 2.07 bits per heavy atom. The van der Waals surface area contributed by atoms with E-state index in [1.807, 2.05) is 24.3 Å². The molecule has 1 atom stereocenters. The number of benzene rings is 1. The molecule has 0 fully saturated rings.